The molecule has 0 spiro atoms. The summed E-state index contributed by atoms with van der Waals surface area (Å²) in [5, 5.41) is 14.4. The van der Waals surface area contributed by atoms with Crippen LogP contribution in [0.25, 0.3) is 21.5 Å². The lowest BCUT2D eigenvalue weighted by atomic mass is 9.88. The Balaban J connectivity index is 2.35. The topological polar surface area (TPSA) is 49.8 Å². The molecular formula is C19H17NO3. The van der Waals surface area contributed by atoms with E-state index < -0.39 is 0 Å². The average molecular weight is 307 g/mol. The van der Waals surface area contributed by atoms with E-state index in [-0.39, 0.29) is 5.75 Å². The van der Waals surface area contributed by atoms with Crippen LogP contribution in [0, 0.1) is 6.92 Å². The van der Waals surface area contributed by atoms with Crippen molar-refractivity contribution in [3.05, 3.63) is 41.5 Å². The SMILES string of the molecule is COc1c(O)cc2c3c(c(C)c4ccccc4c13)N(C=O)CC2. The van der Waals surface area contributed by atoms with Crippen LogP contribution in [0.2, 0.25) is 0 Å². The summed E-state index contributed by atoms with van der Waals surface area (Å²) < 4.78 is 5.50. The van der Waals surface area contributed by atoms with Gasteiger partial charge >= 0.3 is 0 Å². The molecule has 4 heteroatoms. The van der Waals surface area contributed by atoms with E-state index in [1.54, 1.807) is 18.1 Å². The van der Waals surface area contributed by atoms with Crippen molar-refractivity contribution in [3.8, 4) is 11.5 Å². The van der Waals surface area contributed by atoms with Crippen LogP contribution < -0.4 is 9.64 Å². The van der Waals surface area contributed by atoms with Crippen molar-refractivity contribution in [1.29, 1.82) is 0 Å². The lowest BCUT2D eigenvalue weighted by Crippen LogP contribution is -2.28. The smallest absolute Gasteiger partial charge is 0.214 e. The number of phenolic OH excluding ortho intramolecular Hbond substituents is 1. The Morgan fingerprint density at radius 1 is 1.22 bits per heavy atom. The van der Waals surface area contributed by atoms with Crippen LogP contribution >= 0.6 is 0 Å². The molecule has 4 nitrogen and oxygen atoms in total. The molecule has 3 aromatic rings. The Bertz CT molecular complexity index is 962. The summed E-state index contributed by atoms with van der Waals surface area (Å²) in [5.41, 5.74) is 3.06. The van der Waals surface area contributed by atoms with Crippen LogP contribution in [-0.4, -0.2) is 25.2 Å². The molecule has 0 aliphatic carbocycles. The number of aryl methyl sites for hydroxylation is 1. The van der Waals surface area contributed by atoms with Gasteiger partial charge in [0.15, 0.2) is 11.5 Å². The highest BCUT2D eigenvalue weighted by Gasteiger charge is 2.26. The summed E-state index contributed by atoms with van der Waals surface area (Å²) in [4.78, 5) is 13.3. The maximum absolute atomic E-state index is 11.6. The van der Waals surface area contributed by atoms with E-state index in [0.29, 0.717) is 12.3 Å². The highest BCUT2D eigenvalue weighted by atomic mass is 16.5. The standard InChI is InChI=1S/C19H17NO3/c1-11-13-5-3-4-6-14(13)17-16-12(9-15(22)19(17)23-2)7-8-20(10-21)18(11)16/h3-6,9-10,22H,7-8H2,1-2H3. The average Bonchev–Trinajstić information content (AvgIpc) is 2.58. The van der Waals surface area contributed by atoms with Crippen LogP contribution in [0.4, 0.5) is 5.69 Å². The molecule has 0 atom stereocenters. The number of phenols is 1. The van der Waals surface area contributed by atoms with E-state index in [0.717, 1.165) is 51.2 Å². The molecule has 0 saturated heterocycles. The third kappa shape index (κ3) is 1.75. The molecule has 0 radical (unpaired) electrons. The molecule has 1 aliphatic rings. The normalized spacial score (nSPS) is 13.6. The third-order valence-corrected chi connectivity index (χ3v) is 4.77. The minimum absolute atomic E-state index is 0.148. The predicted molar refractivity (Wildman–Crippen MR) is 91.5 cm³/mol. The van der Waals surface area contributed by atoms with Crippen molar-refractivity contribution in [3.63, 3.8) is 0 Å². The molecule has 1 heterocycles. The van der Waals surface area contributed by atoms with Gasteiger partial charge in [0.05, 0.1) is 12.8 Å². The van der Waals surface area contributed by atoms with Crippen molar-refractivity contribution in [2.75, 3.05) is 18.6 Å². The molecule has 1 N–H and O–H groups in total. The zero-order chi connectivity index (χ0) is 16.1. The summed E-state index contributed by atoms with van der Waals surface area (Å²) >= 11 is 0. The zero-order valence-corrected chi connectivity index (χ0v) is 13.1. The number of rotatable bonds is 2. The Hall–Kier alpha value is -2.75. The second-order valence-corrected chi connectivity index (χ2v) is 5.91. The number of hydrogen-bond donors (Lipinski definition) is 1. The third-order valence-electron chi connectivity index (χ3n) is 4.77. The number of amides is 1. The van der Waals surface area contributed by atoms with Crippen LogP contribution in [-0.2, 0) is 11.2 Å². The summed E-state index contributed by atoms with van der Waals surface area (Å²) in [6.07, 6.45) is 1.61. The number of carbonyl (C=O) groups excluding carboxylic acids is 1. The van der Waals surface area contributed by atoms with Gasteiger partial charge in [-0.1, -0.05) is 24.3 Å². The number of benzene rings is 3. The van der Waals surface area contributed by atoms with Crippen molar-refractivity contribution >= 4 is 33.6 Å². The lowest BCUT2D eigenvalue weighted by molar-refractivity contribution is -0.107. The molecule has 1 amide bonds. The number of carbonyl (C=O) groups is 1. The Morgan fingerprint density at radius 3 is 2.65 bits per heavy atom. The number of aromatic hydroxyl groups is 1. The first-order valence-corrected chi connectivity index (χ1v) is 7.63. The molecule has 116 valence electrons. The lowest BCUT2D eigenvalue weighted by Gasteiger charge is -2.30. The molecule has 23 heavy (non-hydrogen) atoms. The van der Waals surface area contributed by atoms with Gasteiger partial charge in [-0.15, -0.1) is 0 Å². The molecule has 1 aliphatic heterocycles. The molecule has 0 saturated carbocycles. The highest BCUT2D eigenvalue weighted by Crippen LogP contribution is 2.48. The van der Waals surface area contributed by atoms with Gasteiger partial charge in [-0.25, -0.2) is 0 Å². The Kier molecular flexibility index (Phi) is 2.94. The van der Waals surface area contributed by atoms with Crippen LogP contribution in [0.3, 0.4) is 0 Å². The van der Waals surface area contributed by atoms with E-state index in [1.807, 2.05) is 31.2 Å². The zero-order valence-electron chi connectivity index (χ0n) is 13.1. The van der Waals surface area contributed by atoms with E-state index in [4.69, 9.17) is 4.74 Å². The van der Waals surface area contributed by atoms with Crippen LogP contribution in [0.15, 0.2) is 30.3 Å². The second-order valence-electron chi connectivity index (χ2n) is 5.91. The Labute approximate surface area is 133 Å². The summed E-state index contributed by atoms with van der Waals surface area (Å²) in [7, 11) is 1.56. The first-order chi connectivity index (χ1) is 11.2. The van der Waals surface area contributed by atoms with E-state index in [1.165, 1.54) is 0 Å². The molecule has 0 bridgehead atoms. The number of ether oxygens (including phenoxy) is 1. The monoisotopic (exact) mass is 307 g/mol. The molecule has 3 aromatic carbocycles. The van der Waals surface area contributed by atoms with Gasteiger partial charge in [-0.2, -0.15) is 0 Å². The molecule has 0 fully saturated rings. The fourth-order valence-corrected chi connectivity index (χ4v) is 3.80. The summed E-state index contributed by atoms with van der Waals surface area (Å²) in [6, 6.07) is 9.81. The molecule has 0 aromatic heterocycles. The van der Waals surface area contributed by atoms with Crippen molar-refractivity contribution in [2.24, 2.45) is 0 Å². The van der Waals surface area contributed by atoms with Crippen molar-refractivity contribution in [1.82, 2.24) is 0 Å². The van der Waals surface area contributed by atoms with Gasteiger partial charge < -0.3 is 14.7 Å². The fraction of sp³-hybridized carbons (Fsp3) is 0.211. The van der Waals surface area contributed by atoms with Gasteiger partial charge in [-0.3, -0.25) is 4.79 Å². The number of nitrogens with zero attached hydrogens (tertiary/aromatic N) is 1. The highest BCUT2D eigenvalue weighted by molar-refractivity contribution is 6.20. The number of methoxy groups -OCH3 is 1. The predicted octanol–water partition coefficient (Wildman–Crippen LogP) is 3.53. The number of hydrogen-bond acceptors (Lipinski definition) is 3. The van der Waals surface area contributed by atoms with Gasteiger partial charge in [0.1, 0.15) is 0 Å². The second kappa shape index (κ2) is 4.88. The van der Waals surface area contributed by atoms with Gasteiger partial charge in [-0.05, 0) is 41.3 Å². The largest absolute Gasteiger partial charge is 0.504 e. The first-order valence-electron chi connectivity index (χ1n) is 7.63. The van der Waals surface area contributed by atoms with Crippen LogP contribution in [0.1, 0.15) is 11.1 Å². The Morgan fingerprint density at radius 2 is 1.96 bits per heavy atom. The quantitative estimate of drug-likeness (QED) is 0.582. The van der Waals surface area contributed by atoms with Gasteiger partial charge in [0.2, 0.25) is 6.41 Å². The molecule has 0 unspecified atom stereocenters. The first kappa shape index (κ1) is 13.9. The van der Waals surface area contributed by atoms with E-state index in [9.17, 15) is 9.90 Å². The summed E-state index contributed by atoms with van der Waals surface area (Å²) in [5.74, 6) is 0.614. The van der Waals surface area contributed by atoms with E-state index >= 15 is 0 Å². The number of fused-ring (bicyclic) bond motifs is 2. The molecule has 4 rings (SSSR count). The number of anilines is 1. The fourth-order valence-electron chi connectivity index (χ4n) is 3.80. The van der Waals surface area contributed by atoms with Gasteiger partial charge in [0, 0.05) is 17.3 Å². The van der Waals surface area contributed by atoms with Crippen molar-refractivity contribution < 1.29 is 14.6 Å². The molecular weight excluding hydrogens is 290 g/mol. The minimum Gasteiger partial charge on any atom is -0.504 e. The van der Waals surface area contributed by atoms with Crippen LogP contribution in [0.5, 0.6) is 11.5 Å². The van der Waals surface area contributed by atoms with Crippen molar-refractivity contribution in [2.45, 2.75) is 13.3 Å². The van der Waals surface area contributed by atoms with Gasteiger partial charge in [0.25, 0.3) is 0 Å². The minimum atomic E-state index is 0.148. The maximum Gasteiger partial charge on any atom is 0.214 e. The maximum atomic E-state index is 11.6. The summed E-state index contributed by atoms with van der Waals surface area (Å²) in [6.45, 7) is 2.67. The van der Waals surface area contributed by atoms with E-state index in [2.05, 4.69) is 0 Å².